The van der Waals surface area contributed by atoms with Crippen molar-refractivity contribution in [1.82, 2.24) is 0 Å². The number of benzene rings is 1. The lowest BCUT2D eigenvalue weighted by Crippen LogP contribution is -1.91. The number of terminal acetylenes is 2. The van der Waals surface area contributed by atoms with Crippen LogP contribution in [0.5, 0.6) is 0 Å². The first-order valence-electron chi connectivity index (χ1n) is 3.45. The van der Waals surface area contributed by atoms with Gasteiger partial charge in [-0.05, 0) is 29.8 Å². The Morgan fingerprint density at radius 1 is 1.15 bits per heavy atom. The fourth-order valence-electron chi connectivity index (χ4n) is 0.908. The molecule has 2 heteroatoms. The van der Waals surface area contributed by atoms with Crippen LogP contribution in [0.1, 0.15) is 21.5 Å². The minimum atomic E-state index is -0.561. The summed E-state index contributed by atoms with van der Waals surface area (Å²) in [4.78, 5) is 10.8. The molecule has 0 saturated heterocycles. The van der Waals surface area contributed by atoms with Crippen LogP contribution in [0.2, 0.25) is 0 Å². The highest BCUT2D eigenvalue weighted by molar-refractivity contribution is 6.67. The van der Waals surface area contributed by atoms with Gasteiger partial charge >= 0.3 is 0 Å². The van der Waals surface area contributed by atoms with E-state index in [0.29, 0.717) is 16.7 Å². The van der Waals surface area contributed by atoms with Gasteiger partial charge in [0.1, 0.15) is 0 Å². The molecule has 1 aromatic rings. The molecule has 0 bridgehead atoms. The predicted molar refractivity (Wildman–Crippen MR) is 52.5 cm³/mol. The molecule has 0 spiro atoms. The van der Waals surface area contributed by atoms with Crippen LogP contribution in [0.4, 0.5) is 0 Å². The van der Waals surface area contributed by atoms with Gasteiger partial charge in [0.25, 0.3) is 5.24 Å². The van der Waals surface area contributed by atoms with E-state index in [1.165, 1.54) is 12.1 Å². The van der Waals surface area contributed by atoms with Crippen LogP contribution in [0.3, 0.4) is 0 Å². The number of carbonyl (C=O) groups excluding carboxylic acids is 1. The molecule has 1 aromatic carbocycles. The lowest BCUT2D eigenvalue weighted by molar-refractivity contribution is 0.108. The zero-order chi connectivity index (χ0) is 9.84. The van der Waals surface area contributed by atoms with Crippen molar-refractivity contribution in [2.45, 2.75) is 0 Å². The van der Waals surface area contributed by atoms with Gasteiger partial charge in [-0.3, -0.25) is 4.79 Å². The molecule has 0 amide bonds. The Morgan fingerprint density at radius 2 is 1.62 bits per heavy atom. The van der Waals surface area contributed by atoms with Gasteiger partial charge in [0.15, 0.2) is 0 Å². The molecular weight excluding hydrogens is 184 g/mol. The Morgan fingerprint density at radius 3 is 1.92 bits per heavy atom. The van der Waals surface area contributed by atoms with Crippen LogP contribution in [0.15, 0.2) is 18.2 Å². The van der Waals surface area contributed by atoms with E-state index >= 15 is 0 Å². The number of rotatable bonds is 1. The maximum absolute atomic E-state index is 10.8. The fourth-order valence-corrected chi connectivity index (χ4v) is 1.02. The van der Waals surface area contributed by atoms with Gasteiger partial charge in [-0.25, -0.2) is 0 Å². The Balaban J connectivity index is 3.35. The molecule has 1 nitrogen and oxygen atoms in total. The topological polar surface area (TPSA) is 17.1 Å². The summed E-state index contributed by atoms with van der Waals surface area (Å²) in [7, 11) is 0. The summed E-state index contributed by atoms with van der Waals surface area (Å²) in [6.07, 6.45) is 10.3. The average molecular weight is 189 g/mol. The molecule has 13 heavy (non-hydrogen) atoms. The average Bonchev–Trinajstić information content (AvgIpc) is 2.16. The van der Waals surface area contributed by atoms with Gasteiger partial charge in [-0.2, -0.15) is 0 Å². The minimum absolute atomic E-state index is 0.324. The first kappa shape index (κ1) is 9.39. The van der Waals surface area contributed by atoms with Crippen molar-refractivity contribution in [3.8, 4) is 24.7 Å². The number of halogens is 1. The van der Waals surface area contributed by atoms with Gasteiger partial charge in [0.2, 0.25) is 0 Å². The maximum Gasteiger partial charge on any atom is 0.252 e. The summed E-state index contributed by atoms with van der Waals surface area (Å²) in [5, 5.41) is -0.561. The summed E-state index contributed by atoms with van der Waals surface area (Å²) in [5.74, 6) is 4.78. The highest BCUT2D eigenvalue weighted by Crippen LogP contribution is 2.11. The van der Waals surface area contributed by atoms with E-state index < -0.39 is 5.24 Å². The smallest absolute Gasteiger partial charge is 0.252 e. The summed E-state index contributed by atoms with van der Waals surface area (Å²) >= 11 is 5.28. The largest absolute Gasteiger partial charge is 0.276 e. The molecule has 0 radical (unpaired) electrons. The van der Waals surface area contributed by atoms with E-state index in [4.69, 9.17) is 24.4 Å². The van der Waals surface area contributed by atoms with Crippen molar-refractivity contribution in [3.05, 3.63) is 34.9 Å². The normalized spacial score (nSPS) is 8.54. The minimum Gasteiger partial charge on any atom is -0.276 e. The molecule has 0 saturated carbocycles. The first-order chi connectivity index (χ1) is 6.17. The van der Waals surface area contributed by atoms with E-state index in [-0.39, 0.29) is 0 Å². The number of hydrogen-bond donors (Lipinski definition) is 0. The Bertz CT molecular complexity index is 400. The van der Waals surface area contributed by atoms with E-state index in [9.17, 15) is 4.79 Å². The molecular formula is C11H5ClO. The molecule has 0 fully saturated rings. The van der Waals surface area contributed by atoms with Crippen molar-refractivity contribution in [1.29, 1.82) is 0 Å². The Hall–Kier alpha value is -1.70. The molecule has 0 aliphatic rings. The number of hydrogen-bond acceptors (Lipinski definition) is 1. The summed E-state index contributed by atoms with van der Waals surface area (Å²) in [6, 6.07) is 4.69. The lowest BCUT2D eigenvalue weighted by Gasteiger charge is -1.97. The Labute approximate surface area is 81.7 Å². The molecule has 0 aliphatic heterocycles. The van der Waals surface area contributed by atoms with Crippen LogP contribution < -0.4 is 0 Å². The molecule has 0 heterocycles. The second-order valence-corrected chi connectivity index (χ2v) is 2.70. The standard InChI is InChI=1S/C11H5ClO/c1-3-8-5-9(4-2)7-10(6-8)11(12)13/h1-2,5-7H. The second-order valence-electron chi connectivity index (χ2n) is 2.36. The van der Waals surface area contributed by atoms with Crippen molar-refractivity contribution in [2.75, 3.05) is 0 Å². The van der Waals surface area contributed by atoms with Gasteiger partial charge in [-0.15, -0.1) is 12.8 Å². The molecule has 0 unspecified atom stereocenters. The molecule has 62 valence electrons. The van der Waals surface area contributed by atoms with Crippen molar-refractivity contribution >= 4 is 16.8 Å². The molecule has 0 N–H and O–H groups in total. The Kier molecular flexibility index (Phi) is 2.75. The van der Waals surface area contributed by atoms with Crippen LogP contribution in [0, 0.1) is 24.7 Å². The molecule has 0 aromatic heterocycles. The van der Waals surface area contributed by atoms with Gasteiger partial charge in [-0.1, -0.05) is 11.8 Å². The second kappa shape index (κ2) is 3.81. The van der Waals surface area contributed by atoms with Gasteiger partial charge in [0.05, 0.1) is 0 Å². The van der Waals surface area contributed by atoms with E-state index in [0.717, 1.165) is 0 Å². The van der Waals surface area contributed by atoms with Crippen LogP contribution in [-0.2, 0) is 0 Å². The van der Waals surface area contributed by atoms with Crippen LogP contribution in [-0.4, -0.2) is 5.24 Å². The fraction of sp³-hybridized carbons (Fsp3) is 0. The van der Waals surface area contributed by atoms with Gasteiger partial charge < -0.3 is 0 Å². The summed E-state index contributed by atoms with van der Waals surface area (Å²) in [6.45, 7) is 0. The quantitative estimate of drug-likeness (QED) is 0.487. The van der Waals surface area contributed by atoms with E-state index in [2.05, 4.69) is 11.8 Å². The van der Waals surface area contributed by atoms with Crippen molar-refractivity contribution in [3.63, 3.8) is 0 Å². The SMILES string of the molecule is C#Cc1cc(C#C)cc(C(=O)Cl)c1. The van der Waals surface area contributed by atoms with E-state index in [1.807, 2.05) is 0 Å². The third-order valence-electron chi connectivity index (χ3n) is 1.49. The zero-order valence-electron chi connectivity index (χ0n) is 6.67. The van der Waals surface area contributed by atoms with E-state index in [1.54, 1.807) is 6.07 Å². The monoisotopic (exact) mass is 188 g/mol. The predicted octanol–water partition coefficient (Wildman–Crippen LogP) is 2.03. The van der Waals surface area contributed by atoms with Crippen LogP contribution in [0.25, 0.3) is 0 Å². The molecule has 0 aliphatic carbocycles. The van der Waals surface area contributed by atoms with Gasteiger partial charge in [0, 0.05) is 16.7 Å². The van der Waals surface area contributed by atoms with Crippen molar-refractivity contribution in [2.24, 2.45) is 0 Å². The third-order valence-corrected chi connectivity index (χ3v) is 1.71. The zero-order valence-corrected chi connectivity index (χ0v) is 7.43. The first-order valence-corrected chi connectivity index (χ1v) is 3.83. The lowest BCUT2D eigenvalue weighted by atomic mass is 10.1. The third kappa shape index (κ3) is 2.12. The highest BCUT2D eigenvalue weighted by Gasteiger charge is 2.03. The van der Waals surface area contributed by atoms with Crippen LogP contribution >= 0.6 is 11.6 Å². The highest BCUT2D eigenvalue weighted by atomic mass is 35.5. The maximum atomic E-state index is 10.8. The molecule has 0 atom stereocenters. The van der Waals surface area contributed by atoms with Crippen molar-refractivity contribution < 1.29 is 4.79 Å². The summed E-state index contributed by atoms with van der Waals surface area (Å²) in [5.41, 5.74) is 1.43. The number of carbonyl (C=O) groups is 1. The molecule has 1 rings (SSSR count). The summed E-state index contributed by atoms with van der Waals surface area (Å²) < 4.78 is 0.